The first-order valence-electron chi connectivity index (χ1n) is 6.96. The van der Waals surface area contributed by atoms with E-state index >= 15 is 0 Å². The third-order valence-electron chi connectivity index (χ3n) is 4.15. The maximum Gasteiger partial charge on any atom is 0.248 e. The Bertz CT molecular complexity index is 349. The minimum absolute atomic E-state index is 0.0315. The van der Waals surface area contributed by atoms with Crippen LogP contribution in [0.3, 0.4) is 0 Å². The van der Waals surface area contributed by atoms with Crippen molar-refractivity contribution in [2.24, 2.45) is 0 Å². The zero-order valence-electron chi connectivity index (χ0n) is 12.7. The molecule has 0 radical (unpaired) electrons. The number of nitrogens with one attached hydrogen (secondary N) is 1. The number of carbonyl (C=O) groups is 2. The molecule has 0 saturated carbocycles. The first-order valence-corrected chi connectivity index (χ1v) is 6.96. The summed E-state index contributed by atoms with van der Waals surface area (Å²) in [5.41, 5.74) is -0.998. The van der Waals surface area contributed by atoms with Crippen molar-refractivity contribution in [3.63, 3.8) is 0 Å². The van der Waals surface area contributed by atoms with Gasteiger partial charge in [-0.2, -0.15) is 0 Å². The fraction of sp³-hybridized carbons (Fsp3) is 0.857. The van der Waals surface area contributed by atoms with Gasteiger partial charge in [-0.25, -0.2) is 0 Å². The summed E-state index contributed by atoms with van der Waals surface area (Å²) >= 11 is 0. The SMILES string of the molecule is CCC1(CC)NC(=O)CN(CCC(C)(C)OC)C1=O. The molecule has 1 heterocycles. The number of carbonyl (C=O) groups excluding carboxylic acids is 2. The number of hydrogen-bond acceptors (Lipinski definition) is 3. The van der Waals surface area contributed by atoms with Gasteiger partial charge in [0, 0.05) is 13.7 Å². The number of ether oxygens (including phenoxy) is 1. The molecule has 5 heteroatoms. The van der Waals surface area contributed by atoms with Crippen LogP contribution in [0.5, 0.6) is 0 Å². The van der Waals surface area contributed by atoms with Gasteiger partial charge < -0.3 is 15.0 Å². The van der Waals surface area contributed by atoms with Gasteiger partial charge >= 0.3 is 0 Å². The summed E-state index contributed by atoms with van der Waals surface area (Å²) in [5, 5.41) is 2.86. The minimum Gasteiger partial charge on any atom is -0.379 e. The zero-order valence-corrected chi connectivity index (χ0v) is 12.7. The van der Waals surface area contributed by atoms with Gasteiger partial charge in [0.1, 0.15) is 5.54 Å². The monoisotopic (exact) mass is 270 g/mol. The smallest absolute Gasteiger partial charge is 0.248 e. The molecule has 2 amide bonds. The second-order valence-corrected chi connectivity index (χ2v) is 5.78. The Morgan fingerprint density at radius 3 is 2.37 bits per heavy atom. The van der Waals surface area contributed by atoms with Crippen molar-refractivity contribution >= 4 is 11.8 Å². The number of rotatable bonds is 6. The number of nitrogens with zero attached hydrogens (tertiary/aromatic N) is 1. The molecule has 0 atom stereocenters. The molecule has 0 bridgehead atoms. The van der Waals surface area contributed by atoms with Crippen molar-refractivity contribution in [1.82, 2.24) is 10.2 Å². The van der Waals surface area contributed by atoms with Gasteiger partial charge in [-0.1, -0.05) is 13.8 Å². The Kier molecular flexibility index (Phi) is 4.96. The second-order valence-electron chi connectivity index (χ2n) is 5.78. The van der Waals surface area contributed by atoms with E-state index in [-0.39, 0.29) is 24.0 Å². The number of amides is 2. The van der Waals surface area contributed by atoms with Crippen LogP contribution in [0.4, 0.5) is 0 Å². The van der Waals surface area contributed by atoms with Crippen LogP contribution in [0.25, 0.3) is 0 Å². The van der Waals surface area contributed by atoms with E-state index in [1.54, 1.807) is 12.0 Å². The van der Waals surface area contributed by atoms with Gasteiger partial charge in [0.2, 0.25) is 11.8 Å². The summed E-state index contributed by atoms with van der Waals surface area (Å²) in [4.78, 5) is 26.0. The Labute approximate surface area is 115 Å². The van der Waals surface area contributed by atoms with E-state index in [0.29, 0.717) is 25.8 Å². The lowest BCUT2D eigenvalue weighted by molar-refractivity contribution is -0.151. The van der Waals surface area contributed by atoms with E-state index in [9.17, 15) is 9.59 Å². The molecule has 19 heavy (non-hydrogen) atoms. The molecule has 1 N–H and O–H groups in total. The van der Waals surface area contributed by atoms with Crippen molar-refractivity contribution in [1.29, 1.82) is 0 Å². The Hall–Kier alpha value is -1.10. The molecule has 0 aromatic rings. The highest BCUT2D eigenvalue weighted by Crippen LogP contribution is 2.23. The highest BCUT2D eigenvalue weighted by molar-refractivity contribution is 5.97. The third kappa shape index (κ3) is 3.47. The van der Waals surface area contributed by atoms with Crippen molar-refractivity contribution in [3.8, 4) is 0 Å². The fourth-order valence-electron chi connectivity index (χ4n) is 2.32. The largest absolute Gasteiger partial charge is 0.379 e. The molecule has 1 aliphatic rings. The summed E-state index contributed by atoms with van der Waals surface area (Å²) < 4.78 is 5.36. The molecule has 0 aromatic carbocycles. The molecule has 0 aliphatic carbocycles. The van der Waals surface area contributed by atoms with E-state index in [1.165, 1.54) is 0 Å². The molecular formula is C14H26N2O3. The molecule has 0 aromatic heterocycles. The van der Waals surface area contributed by atoms with Gasteiger partial charge in [-0.3, -0.25) is 9.59 Å². The van der Waals surface area contributed by atoms with Crippen LogP contribution in [0.15, 0.2) is 0 Å². The Morgan fingerprint density at radius 2 is 1.89 bits per heavy atom. The van der Waals surface area contributed by atoms with Crippen molar-refractivity contribution < 1.29 is 14.3 Å². The average molecular weight is 270 g/mol. The number of piperazine rings is 1. The summed E-state index contributed by atoms with van der Waals surface area (Å²) in [5.74, 6) is -0.0393. The standard InChI is InChI=1S/C14H26N2O3/c1-6-14(7-2)12(18)16(10-11(17)15-14)9-8-13(3,4)19-5/h6-10H2,1-5H3,(H,15,17). The van der Waals surface area contributed by atoms with Crippen LogP contribution in [0.2, 0.25) is 0 Å². The first kappa shape index (κ1) is 16.0. The maximum absolute atomic E-state index is 12.5. The van der Waals surface area contributed by atoms with Crippen molar-refractivity contribution in [2.45, 2.75) is 58.1 Å². The van der Waals surface area contributed by atoms with E-state index in [0.717, 1.165) is 0 Å². The van der Waals surface area contributed by atoms with Crippen LogP contribution in [0.1, 0.15) is 47.0 Å². The molecule has 1 aliphatic heterocycles. The third-order valence-corrected chi connectivity index (χ3v) is 4.15. The van der Waals surface area contributed by atoms with E-state index in [4.69, 9.17) is 4.74 Å². The van der Waals surface area contributed by atoms with E-state index in [2.05, 4.69) is 5.32 Å². The van der Waals surface area contributed by atoms with Crippen LogP contribution in [-0.2, 0) is 14.3 Å². The lowest BCUT2D eigenvalue weighted by atomic mass is 9.88. The van der Waals surface area contributed by atoms with Crippen molar-refractivity contribution in [2.75, 3.05) is 20.2 Å². The van der Waals surface area contributed by atoms with Gasteiger partial charge in [-0.15, -0.1) is 0 Å². The predicted molar refractivity (Wildman–Crippen MR) is 73.7 cm³/mol. The molecule has 5 nitrogen and oxygen atoms in total. The van der Waals surface area contributed by atoms with Gasteiger partial charge in [0.25, 0.3) is 0 Å². The summed E-state index contributed by atoms with van der Waals surface area (Å²) in [7, 11) is 1.66. The molecule has 1 saturated heterocycles. The molecule has 1 fully saturated rings. The molecule has 0 unspecified atom stereocenters. The lowest BCUT2D eigenvalue weighted by Crippen LogP contribution is -2.66. The Morgan fingerprint density at radius 1 is 1.32 bits per heavy atom. The van der Waals surface area contributed by atoms with E-state index in [1.807, 2.05) is 27.7 Å². The molecule has 0 spiro atoms. The van der Waals surface area contributed by atoms with Crippen LogP contribution >= 0.6 is 0 Å². The molecule has 1 rings (SSSR count). The second kappa shape index (κ2) is 5.90. The molecular weight excluding hydrogens is 244 g/mol. The summed E-state index contributed by atoms with van der Waals surface area (Å²) in [6.45, 7) is 8.53. The predicted octanol–water partition coefficient (Wildman–Crippen LogP) is 1.32. The average Bonchev–Trinajstić information content (AvgIpc) is 2.39. The number of hydrogen-bond donors (Lipinski definition) is 1. The van der Waals surface area contributed by atoms with Gasteiger partial charge in [0.15, 0.2) is 0 Å². The van der Waals surface area contributed by atoms with E-state index < -0.39 is 5.54 Å². The quantitative estimate of drug-likeness (QED) is 0.792. The van der Waals surface area contributed by atoms with Gasteiger partial charge in [0.05, 0.1) is 12.1 Å². The van der Waals surface area contributed by atoms with Crippen molar-refractivity contribution in [3.05, 3.63) is 0 Å². The summed E-state index contributed by atoms with van der Waals surface area (Å²) in [6.07, 6.45) is 1.96. The van der Waals surface area contributed by atoms with Crippen LogP contribution in [-0.4, -0.2) is 48.1 Å². The fourth-order valence-corrected chi connectivity index (χ4v) is 2.32. The van der Waals surface area contributed by atoms with Gasteiger partial charge in [-0.05, 0) is 33.1 Å². The molecule has 110 valence electrons. The lowest BCUT2D eigenvalue weighted by Gasteiger charge is -2.42. The topological polar surface area (TPSA) is 58.6 Å². The zero-order chi connectivity index (χ0) is 14.7. The first-order chi connectivity index (χ1) is 8.80. The van der Waals surface area contributed by atoms with Crippen LogP contribution in [0, 0.1) is 0 Å². The minimum atomic E-state index is -0.716. The normalized spacial score (nSPS) is 19.5. The highest BCUT2D eigenvalue weighted by Gasteiger charge is 2.44. The maximum atomic E-state index is 12.5. The number of methoxy groups -OCH3 is 1. The highest BCUT2D eigenvalue weighted by atomic mass is 16.5. The summed E-state index contributed by atoms with van der Waals surface area (Å²) in [6, 6.07) is 0. The Balaban J connectivity index is 2.78. The van der Waals surface area contributed by atoms with Crippen LogP contribution < -0.4 is 5.32 Å².